The van der Waals surface area contributed by atoms with Crippen LogP contribution in [0.1, 0.15) is 47.0 Å². The Hall–Kier alpha value is -0.600. The smallest absolute Gasteiger partial charge is 0.0561 e. The second-order valence-corrected chi connectivity index (χ2v) is 4.87. The minimum atomic E-state index is -0.0660. The molecular weight excluding hydrogens is 152 g/mol. The molecule has 0 unspecified atom stereocenters. The van der Waals surface area contributed by atoms with Gasteiger partial charge in [0, 0.05) is 0 Å². The Kier molecular flexibility index (Phi) is 2.15. The van der Waals surface area contributed by atoms with E-state index in [0.29, 0.717) is 0 Å². The van der Waals surface area contributed by atoms with Gasteiger partial charge >= 0.3 is 0 Å². The van der Waals surface area contributed by atoms with Crippen molar-refractivity contribution in [2.24, 2.45) is 5.29 Å². The van der Waals surface area contributed by atoms with Gasteiger partial charge in [0.25, 0.3) is 0 Å². The van der Waals surface area contributed by atoms with Crippen molar-refractivity contribution in [1.29, 1.82) is 0 Å². The van der Waals surface area contributed by atoms with Crippen molar-refractivity contribution in [3.8, 4) is 0 Å². The van der Waals surface area contributed by atoms with Crippen LogP contribution < -0.4 is 0 Å². The number of rotatable bonds is 1. The van der Waals surface area contributed by atoms with Gasteiger partial charge in [-0.25, -0.2) is 5.01 Å². The Labute approximate surface area is 74.1 Å². The number of nitrogens with zero attached hydrogens (tertiary/aromatic N) is 2. The van der Waals surface area contributed by atoms with Crippen molar-refractivity contribution in [1.82, 2.24) is 5.01 Å². The molecule has 0 aromatic heterocycles. The number of hydrogen-bond donors (Lipinski definition) is 0. The molecule has 0 spiro atoms. The van der Waals surface area contributed by atoms with E-state index in [0.717, 1.165) is 12.8 Å². The maximum absolute atomic E-state index is 10.7. The first-order valence-corrected chi connectivity index (χ1v) is 4.54. The van der Waals surface area contributed by atoms with Gasteiger partial charge in [0.05, 0.1) is 16.4 Å². The van der Waals surface area contributed by atoms with E-state index < -0.39 is 0 Å². The van der Waals surface area contributed by atoms with Gasteiger partial charge in [-0.3, -0.25) is 0 Å². The molecule has 1 aliphatic rings. The summed E-state index contributed by atoms with van der Waals surface area (Å²) in [5, 5.41) is 4.85. The molecule has 1 rings (SSSR count). The van der Waals surface area contributed by atoms with Crippen LogP contribution in [0.25, 0.3) is 0 Å². The van der Waals surface area contributed by atoms with Crippen LogP contribution in [0.2, 0.25) is 0 Å². The topological polar surface area (TPSA) is 32.7 Å². The van der Waals surface area contributed by atoms with E-state index in [9.17, 15) is 4.91 Å². The van der Waals surface area contributed by atoms with Crippen molar-refractivity contribution in [2.75, 3.05) is 0 Å². The average Bonchev–Trinajstić information content (AvgIpc) is 1.83. The molecular formula is C9H18N2O. The molecule has 3 heteroatoms. The lowest BCUT2D eigenvalue weighted by molar-refractivity contribution is -0.0265. The van der Waals surface area contributed by atoms with Gasteiger partial charge in [-0.05, 0) is 47.0 Å². The Morgan fingerprint density at radius 2 is 1.50 bits per heavy atom. The van der Waals surface area contributed by atoms with Crippen LogP contribution in [0.4, 0.5) is 0 Å². The maximum atomic E-state index is 10.7. The molecule has 0 saturated carbocycles. The van der Waals surface area contributed by atoms with Crippen molar-refractivity contribution < 1.29 is 0 Å². The molecule has 1 heterocycles. The molecule has 1 aliphatic heterocycles. The van der Waals surface area contributed by atoms with E-state index in [2.05, 4.69) is 33.0 Å². The fourth-order valence-electron chi connectivity index (χ4n) is 2.21. The van der Waals surface area contributed by atoms with E-state index in [1.54, 1.807) is 5.01 Å². The highest BCUT2D eigenvalue weighted by Crippen LogP contribution is 2.37. The van der Waals surface area contributed by atoms with Crippen LogP contribution in [0, 0.1) is 4.91 Å². The summed E-state index contributed by atoms with van der Waals surface area (Å²) in [6.45, 7) is 8.31. The molecule has 0 bridgehead atoms. The molecule has 1 fully saturated rings. The third-order valence-corrected chi connectivity index (χ3v) is 2.81. The van der Waals surface area contributed by atoms with E-state index in [1.165, 1.54) is 6.42 Å². The van der Waals surface area contributed by atoms with Gasteiger partial charge in [-0.1, -0.05) is 0 Å². The summed E-state index contributed by atoms with van der Waals surface area (Å²) in [7, 11) is 0. The fourth-order valence-corrected chi connectivity index (χ4v) is 2.21. The first kappa shape index (κ1) is 9.49. The monoisotopic (exact) mass is 170 g/mol. The third-order valence-electron chi connectivity index (χ3n) is 2.81. The molecule has 1 saturated heterocycles. The molecule has 0 aliphatic carbocycles. The van der Waals surface area contributed by atoms with Crippen LogP contribution >= 0.6 is 0 Å². The summed E-state index contributed by atoms with van der Waals surface area (Å²) >= 11 is 0. The Morgan fingerprint density at radius 1 is 1.08 bits per heavy atom. The Bertz CT molecular complexity index is 171. The summed E-state index contributed by atoms with van der Waals surface area (Å²) in [5.74, 6) is 0. The van der Waals surface area contributed by atoms with Crippen LogP contribution in [0.3, 0.4) is 0 Å². The highest BCUT2D eigenvalue weighted by molar-refractivity contribution is 4.94. The molecule has 0 atom stereocenters. The highest BCUT2D eigenvalue weighted by Gasteiger charge is 2.41. The molecule has 0 radical (unpaired) electrons. The summed E-state index contributed by atoms with van der Waals surface area (Å²) in [6.07, 6.45) is 3.30. The van der Waals surface area contributed by atoms with Crippen molar-refractivity contribution in [3.05, 3.63) is 4.91 Å². The Morgan fingerprint density at radius 3 is 1.75 bits per heavy atom. The van der Waals surface area contributed by atoms with Crippen LogP contribution in [-0.2, 0) is 0 Å². The minimum Gasteiger partial charge on any atom is -0.250 e. The van der Waals surface area contributed by atoms with Crippen LogP contribution in [0.5, 0.6) is 0 Å². The van der Waals surface area contributed by atoms with Crippen LogP contribution in [-0.4, -0.2) is 16.1 Å². The lowest BCUT2D eigenvalue weighted by Gasteiger charge is -2.48. The number of piperidine rings is 1. The van der Waals surface area contributed by atoms with Gasteiger partial charge in [-0.2, -0.15) is 0 Å². The van der Waals surface area contributed by atoms with Gasteiger partial charge in [0.15, 0.2) is 0 Å². The predicted octanol–water partition coefficient (Wildman–Crippen LogP) is 2.71. The fraction of sp³-hybridized carbons (Fsp3) is 1.00. The first-order chi connectivity index (χ1) is 5.40. The van der Waals surface area contributed by atoms with Gasteiger partial charge < -0.3 is 0 Å². The molecule has 0 amide bonds. The van der Waals surface area contributed by atoms with Gasteiger partial charge in [0.2, 0.25) is 0 Å². The summed E-state index contributed by atoms with van der Waals surface area (Å²) < 4.78 is 0. The Balaban J connectivity index is 2.88. The summed E-state index contributed by atoms with van der Waals surface area (Å²) in [6, 6.07) is 0. The second kappa shape index (κ2) is 2.71. The number of nitroso groups, excluding NO2 is 1. The van der Waals surface area contributed by atoms with Crippen molar-refractivity contribution >= 4 is 0 Å². The van der Waals surface area contributed by atoms with Gasteiger partial charge in [-0.15, -0.1) is 4.91 Å². The largest absolute Gasteiger partial charge is 0.250 e. The zero-order chi connectivity index (χ0) is 9.41. The predicted molar refractivity (Wildman–Crippen MR) is 49.6 cm³/mol. The second-order valence-electron chi connectivity index (χ2n) is 4.87. The molecule has 3 nitrogen and oxygen atoms in total. The zero-order valence-corrected chi connectivity index (χ0v) is 8.42. The SMILES string of the molecule is CC1(C)CCCC(C)(C)N1N=O. The molecule has 70 valence electrons. The zero-order valence-electron chi connectivity index (χ0n) is 8.42. The van der Waals surface area contributed by atoms with Gasteiger partial charge in [0.1, 0.15) is 0 Å². The first-order valence-electron chi connectivity index (χ1n) is 4.54. The van der Waals surface area contributed by atoms with Crippen molar-refractivity contribution in [2.45, 2.75) is 58.0 Å². The van der Waals surface area contributed by atoms with E-state index in [-0.39, 0.29) is 11.1 Å². The lowest BCUT2D eigenvalue weighted by atomic mass is 9.82. The minimum absolute atomic E-state index is 0.0660. The molecule has 0 aromatic rings. The lowest BCUT2D eigenvalue weighted by Crippen LogP contribution is -2.55. The van der Waals surface area contributed by atoms with E-state index in [4.69, 9.17) is 0 Å². The van der Waals surface area contributed by atoms with Crippen LogP contribution in [0.15, 0.2) is 5.29 Å². The van der Waals surface area contributed by atoms with Crippen molar-refractivity contribution in [3.63, 3.8) is 0 Å². The van der Waals surface area contributed by atoms with E-state index in [1.807, 2.05) is 0 Å². The maximum Gasteiger partial charge on any atom is 0.0561 e. The normalized spacial score (nSPS) is 26.8. The molecule has 12 heavy (non-hydrogen) atoms. The third kappa shape index (κ3) is 1.45. The number of hydrogen-bond acceptors (Lipinski definition) is 2. The highest BCUT2D eigenvalue weighted by atomic mass is 16.3. The van der Waals surface area contributed by atoms with E-state index >= 15 is 0 Å². The standard InChI is InChI=1S/C9H18N2O/c1-8(2)6-5-7-9(3,4)11(8)10-12/h5-7H2,1-4H3. The summed E-state index contributed by atoms with van der Waals surface area (Å²) in [4.78, 5) is 10.7. The quantitative estimate of drug-likeness (QED) is 0.567. The molecule has 0 N–H and O–H groups in total. The average molecular weight is 170 g/mol. The summed E-state index contributed by atoms with van der Waals surface area (Å²) in [5.41, 5.74) is -0.132. The molecule has 0 aromatic carbocycles.